The van der Waals surface area contributed by atoms with E-state index in [2.05, 4.69) is 4.99 Å². The van der Waals surface area contributed by atoms with Crippen LogP contribution in [0.5, 0.6) is 0 Å². The quantitative estimate of drug-likeness (QED) is 0.157. The summed E-state index contributed by atoms with van der Waals surface area (Å²) in [7, 11) is 0. The molecule has 1 aromatic rings. The Bertz CT molecular complexity index is 832. The molecule has 0 aromatic heterocycles. The van der Waals surface area contributed by atoms with E-state index in [9.17, 15) is 33.2 Å². The summed E-state index contributed by atoms with van der Waals surface area (Å²) in [6, 6.07) is -0.0984. The monoisotopic (exact) mass is 372 g/mol. The van der Waals surface area contributed by atoms with E-state index in [1.165, 1.54) is 6.92 Å². The molecule has 10 heteroatoms. The van der Waals surface area contributed by atoms with Gasteiger partial charge in [0.25, 0.3) is 0 Å². The van der Waals surface area contributed by atoms with Gasteiger partial charge in [-0.1, -0.05) is 0 Å². The molecule has 0 saturated heterocycles. The van der Waals surface area contributed by atoms with Crippen LogP contribution in [0, 0.1) is 34.5 Å². The zero-order valence-electron chi connectivity index (χ0n) is 13.9. The Morgan fingerprint density at radius 1 is 1.35 bits per heavy atom. The molecule has 140 valence electrons. The molecule has 1 aromatic carbocycles. The maximum Gasteiger partial charge on any atom is 0.343 e. The third-order valence-corrected chi connectivity index (χ3v) is 3.65. The van der Waals surface area contributed by atoms with E-state index < -0.39 is 56.5 Å². The largest absolute Gasteiger partial charge is 0.506 e. The van der Waals surface area contributed by atoms with Crippen molar-refractivity contribution in [3.05, 3.63) is 44.3 Å². The number of aliphatic hydroxyl groups is 1. The van der Waals surface area contributed by atoms with Crippen molar-refractivity contribution in [2.45, 2.75) is 32.7 Å². The number of halogens is 3. The fourth-order valence-electron chi connectivity index (χ4n) is 2.11. The molecule has 7 nitrogen and oxygen atoms in total. The van der Waals surface area contributed by atoms with E-state index in [0.717, 1.165) is 26.0 Å². The molecule has 1 aliphatic carbocycles. The van der Waals surface area contributed by atoms with E-state index in [-0.39, 0.29) is 12.6 Å². The zero-order valence-corrected chi connectivity index (χ0v) is 13.9. The summed E-state index contributed by atoms with van der Waals surface area (Å²) in [6.45, 7) is 2.21. The summed E-state index contributed by atoms with van der Waals surface area (Å²) in [4.78, 5) is 25.7. The molecule has 26 heavy (non-hydrogen) atoms. The Kier molecular flexibility index (Phi) is 5.63. The number of carbonyl (C=O) groups is 1. The van der Waals surface area contributed by atoms with Crippen LogP contribution in [0.3, 0.4) is 0 Å². The normalized spacial score (nSPS) is 15.1. The van der Waals surface area contributed by atoms with Gasteiger partial charge in [0, 0.05) is 11.8 Å². The van der Waals surface area contributed by atoms with E-state index >= 15 is 0 Å². The lowest BCUT2D eigenvalue weighted by Crippen LogP contribution is -2.14. The van der Waals surface area contributed by atoms with E-state index in [0.29, 0.717) is 0 Å². The van der Waals surface area contributed by atoms with Gasteiger partial charge in [-0.15, -0.1) is 0 Å². The summed E-state index contributed by atoms with van der Waals surface area (Å²) in [5, 5.41) is 21.4. The number of hydrogen-bond donors (Lipinski definition) is 1. The molecule has 0 atom stereocenters. The highest BCUT2D eigenvalue weighted by atomic mass is 19.2. The zero-order chi connectivity index (χ0) is 19.6. The molecule has 1 N–H and O–H groups in total. The van der Waals surface area contributed by atoms with E-state index in [1.54, 1.807) is 0 Å². The number of ether oxygens (including phenoxy) is 1. The standard InChI is InChI=1S/C16H15F3N2O5/c1-3-26-16(23)9(6-20-8-4-5-8)15(22)10-11(17)7(2)12(18)13(19)14(10)21(24)25/h6,8,22H,3-5H2,1-2H3/b15-9-,20-6?. The predicted molar refractivity (Wildman–Crippen MR) is 85.4 cm³/mol. The Labute approximate surface area is 145 Å². The smallest absolute Gasteiger partial charge is 0.343 e. The minimum Gasteiger partial charge on any atom is -0.506 e. The number of nitrogens with zero attached hydrogens (tertiary/aromatic N) is 2. The molecular formula is C16H15F3N2O5. The number of nitro benzene ring substituents is 1. The average molecular weight is 372 g/mol. The number of rotatable bonds is 6. The molecule has 1 aliphatic rings. The SMILES string of the molecule is CCOC(=O)/C(C=NC1CC1)=C(\O)c1c(F)c(C)c(F)c(F)c1[N+](=O)[O-]. The number of nitro groups is 1. The van der Waals surface area contributed by atoms with Crippen LogP contribution in [0.1, 0.15) is 30.9 Å². The molecule has 0 bridgehead atoms. The van der Waals surface area contributed by atoms with Gasteiger partial charge in [0.2, 0.25) is 5.82 Å². The Morgan fingerprint density at radius 2 is 1.96 bits per heavy atom. The van der Waals surface area contributed by atoms with Gasteiger partial charge < -0.3 is 9.84 Å². The minimum absolute atomic E-state index is 0.0984. The highest BCUT2D eigenvalue weighted by Crippen LogP contribution is 2.35. The summed E-state index contributed by atoms with van der Waals surface area (Å²) < 4.78 is 46.8. The van der Waals surface area contributed by atoms with Crippen molar-refractivity contribution >= 4 is 23.6 Å². The van der Waals surface area contributed by atoms with Crippen molar-refractivity contribution in [3.8, 4) is 0 Å². The average Bonchev–Trinajstić information content (AvgIpc) is 3.40. The van der Waals surface area contributed by atoms with Crippen molar-refractivity contribution in [2.24, 2.45) is 4.99 Å². The third-order valence-electron chi connectivity index (χ3n) is 3.65. The van der Waals surface area contributed by atoms with Crippen LogP contribution < -0.4 is 0 Å². The fourth-order valence-corrected chi connectivity index (χ4v) is 2.11. The molecule has 1 saturated carbocycles. The van der Waals surface area contributed by atoms with Gasteiger partial charge >= 0.3 is 11.7 Å². The lowest BCUT2D eigenvalue weighted by Gasteiger charge is -2.11. The molecule has 0 spiro atoms. The van der Waals surface area contributed by atoms with Crippen LogP contribution in [0.4, 0.5) is 18.9 Å². The van der Waals surface area contributed by atoms with Gasteiger partial charge in [-0.05, 0) is 26.7 Å². The summed E-state index contributed by atoms with van der Waals surface area (Å²) >= 11 is 0. The topological polar surface area (TPSA) is 102 Å². The number of hydrogen-bond acceptors (Lipinski definition) is 6. The highest BCUT2D eigenvalue weighted by molar-refractivity contribution is 6.15. The van der Waals surface area contributed by atoms with Gasteiger partial charge in [-0.3, -0.25) is 15.1 Å². The van der Waals surface area contributed by atoms with Crippen molar-refractivity contribution in [1.29, 1.82) is 0 Å². The molecule has 0 aliphatic heterocycles. The van der Waals surface area contributed by atoms with Gasteiger partial charge in [-0.2, -0.15) is 4.39 Å². The van der Waals surface area contributed by atoms with E-state index in [1.807, 2.05) is 0 Å². The maximum atomic E-state index is 14.4. The fraction of sp³-hybridized carbons (Fsp3) is 0.375. The second-order valence-corrected chi connectivity index (χ2v) is 5.54. The van der Waals surface area contributed by atoms with Crippen LogP contribution in [0.2, 0.25) is 0 Å². The van der Waals surface area contributed by atoms with Crippen LogP contribution in [-0.4, -0.2) is 34.9 Å². The first kappa shape index (κ1) is 19.4. The van der Waals surface area contributed by atoms with Gasteiger partial charge in [-0.25, -0.2) is 13.6 Å². The van der Waals surface area contributed by atoms with Crippen LogP contribution in [-0.2, 0) is 9.53 Å². The summed E-state index contributed by atoms with van der Waals surface area (Å²) in [5.74, 6) is -7.65. The molecule has 0 heterocycles. The number of carbonyl (C=O) groups excluding carboxylic acids is 1. The van der Waals surface area contributed by atoms with Crippen molar-refractivity contribution < 1.29 is 32.7 Å². The second kappa shape index (κ2) is 7.54. The Hall–Kier alpha value is -2.91. The highest BCUT2D eigenvalue weighted by Gasteiger charge is 2.35. The molecule has 0 radical (unpaired) electrons. The summed E-state index contributed by atoms with van der Waals surface area (Å²) in [6.07, 6.45) is 2.38. The minimum atomic E-state index is -1.95. The van der Waals surface area contributed by atoms with Crippen molar-refractivity contribution in [3.63, 3.8) is 0 Å². The molecule has 0 unspecified atom stereocenters. The van der Waals surface area contributed by atoms with Gasteiger partial charge in [0.1, 0.15) is 22.7 Å². The van der Waals surface area contributed by atoms with Gasteiger partial charge in [0.15, 0.2) is 5.82 Å². The van der Waals surface area contributed by atoms with Crippen LogP contribution >= 0.6 is 0 Å². The maximum absolute atomic E-state index is 14.4. The third kappa shape index (κ3) is 3.68. The second-order valence-electron chi connectivity index (χ2n) is 5.54. The molecule has 2 rings (SSSR count). The Balaban J connectivity index is 2.77. The van der Waals surface area contributed by atoms with E-state index in [4.69, 9.17) is 4.74 Å². The van der Waals surface area contributed by atoms with Crippen molar-refractivity contribution in [2.75, 3.05) is 6.61 Å². The number of benzene rings is 1. The first-order chi connectivity index (χ1) is 12.2. The first-order valence-electron chi connectivity index (χ1n) is 7.65. The van der Waals surface area contributed by atoms with Crippen LogP contribution in [0.25, 0.3) is 5.76 Å². The number of esters is 1. The van der Waals surface area contributed by atoms with Crippen molar-refractivity contribution in [1.82, 2.24) is 0 Å². The number of aliphatic hydroxyl groups excluding tert-OH is 1. The van der Waals surface area contributed by atoms with Gasteiger partial charge in [0.05, 0.1) is 17.6 Å². The molecule has 1 fully saturated rings. The first-order valence-corrected chi connectivity index (χ1v) is 7.65. The summed E-state index contributed by atoms with van der Waals surface area (Å²) in [5.41, 5.74) is -4.43. The lowest BCUT2D eigenvalue weighted by atomic mass is 10.0. The molecule has 0 amide bonds. The number of aliphatic imine (C=N–C) groups is 1. The molecular weight excluding hydrogens is 357 g/mol. The Morgan fingerprint density at radius 3 is 2.46 bits per heavy atom. The lowest BCUT2D eigenvalue weighted by molar-refractivity contribution is -0.388. The predicted octanol–water partition coefficient (Wildman–Crippen LogP) is 3.39. The van der Waals surface area contributed by atoms with Crippen LogP contribution in [0.15, 0.2) is 10.6 Å².